The van der Waals surface area contributed by atoms with Crippen molar-refractivity contribution in [2.45, 2.75) is 32.9 Å². The van der Waals surface area contributed by atoms with Crippen LogP contribution in [0.25, 0.3) is 0 Å². The van der Waals surface area contributed by atoms with Crippen LogP contribution in [0.4, 0.5) is 0 Å². The first kappa shape index (κ1) is 11.1. The first-order valence-corrected chi connectivity index (χ1v) is 5.44. The number of aryl methyl sites for hydroxylation is 1. The molecule has 0 saturated carbocycles. The number of aliphatic carboxylic acids is 1. The highest BCUT2D eigenvalue weighted by Gasteiger charge is 2.27. The van der Waals surface area contributed by atoms with E-state index >= 15 is 0 Å². The number of hydrogen-bond acceptors (Lipinski definition) is 4. The number of nitrogens with zero attached hydrogens (tertiary/aromatic N) is 3. The summed E-state index contributed by atoms with van der Waals surface area (Å²) in [4.78, 5) is 10.9. The zero-order chi connectivity index (χ0) is 11.5. The SMILES string of the molecule is CCOCc1nnc2n1CC(C(=O)O)CC2. The van der Waals surface area contributed by atoms with Gasteiger partial charge in [0.25, 0.3) is 0 Å². The maximum Gasteiger partial charge on any atom is 0.308 e. The van der Waals surface area contributed by atoms with Gasteiger partial charge in [0.15, 0.2) is 5.82 Å². The molecule has 6 nitrogen and oxygen atoms in total. The molecule has 16 heavy (non-hydrogen) atoms. The third kappa shape index (κ3) is 2.06. The number of aromatic nitrogens is 3. The number of fused-ring (bicyclic) bond motifs is 1. The third-order valence-electron chi connectivity index (χ3n) is 2.81. The first-order chi connectivity index (χ1) is 7.72. The van der Waals surface area contributed by atoms with Crippen LogP contribution in [0, 0.1) is 5.92 Å². The summed E-state index contributed by atoms with van der Waals surface area (Å²) in [6, 6.07) is 0. The van der Waals surface area contributed by atoms with Gasteiger partial charge >= 0.3 is 5.97 Å². The molecule has 1 N–H and O–H groups in total. The van der Waals surface area contributed by atoms with Crippen molar-refractivity contribution in [3.05, 3.63) is 11.6 Å². The summed E-state index contributed by atoms with van der Waals surface area (Å²) in [5, 5.41) is 17.1. The molecule has 0 saturated heterocycles. The number of hydrogen-bond donors (Lipinski definition) is 1. The maximum absolute atomic E-state index is 10.9. The lowest BCUT2D eigenvalue weighted by Crippen LogP contribution is -2.27. The summed E-state index contributed by atoms with van der Waals surface area (Å²) in [5.41, 5.74) is 0. The highest BCUT2D eigenvalue weighted by atomic mass is 16.5. The minimum Gasteiger partial charge on any atom is -0.481 e. The number of ether oxygens (including phenoxy) is 1. The van der Waals surface area contributed by atoms with Gasteiger partial charge in [-0.15, -0.1) is 10.2 Å². The smallest absolute Gasteiger partial charge is 0.308 e. The lowest BCUT2D eigenvalue weighted by molar-refractivity contribution is -0.142. The molecule has 88 valence electrons. The molecule has 2 heterocycles. The van der Waals surface area contributed by atoms with E-state index in [9.17, 15) is 4.79 Å². The Hall–Kier alpha value is -1.43. The molecule has 0 fully saturated rings. The van der Waals surface area contributed by atoms with Crippen LogP contribution in [-0.2, 0) is 29.1 Å². The van der Waals surface area contributed by atoms with Crippen LogP contribution >= 0.6 is 0 Å². The van der Waals surface area contributed by atoms with E-state index in [1.807, 2.05) is 11.5 Å². The van der Waals surface area contributed by atoms with Crippen molar-refractivity contribution in [1.82, 2.24) is 14.8 Å². The van der Waals surface area contributed by atoms with Crippen molar-refractivity contribution in [2.75, 3.05) is 6.61 Å². The fraction of sp³-hybridized carbons (Fsp3) is 0.700. The molecule has 0 bridgehead atoms. The van der Waals surface area contributed by atoms with E-state index in [1.54, 1.807) is 0 Å². The molecule has 1 aliphatic rings. The topological polar surface area (TPSA) is 77.2 Å². The Bertz CT molecular complexity index is 389. The molecule has 6 heteroatoms. The minimum atomic E-state index is -0.748. The summed E-state index contributed by atoms with van der Waals surface area (Å²) < 4.78 is 7.14. The zero-order valence-electron chi connectivity index (χ0n) is 9.22. The van der Waals surface area contributed by atoms with Gasteiger partial charge in [-0.25, -0.2) is 0 Å². The van der Waals surface area contributed by atoms with Crippen LogP contribution in [0.2, 0.25) is 0 Å². The zero-order valence-corrected chi connectivity index (χ0v) is 9.22. The summed E-state index contributed by atoms with van der Waals surface area (Å²) in [7, 11) is 0. The average Bonchev–Trinajstić information content (AvgIpc) is 2.68. The summed E-state index contributed by atoms with van der Waals surface area (Å²) in [5.74, 6) is 0.514. The van der Waals surface area contributed by atoms with Gasteiger partial charge in [-0.3, -0.25) is 4.79 Å². The van der Waals surface area contributed by atoms with Crippen LogP contribution < -0.4 is 0 Å². The normalized spacial score (nSPS) is 19.4. The minimum absolute atomic E-state index is 0.330. The molecular weight excluding hydrogens is 210 g/mol. The Labute approximate surface area is 93.2 Å². The van der Waals surface area contributed by atoms with Gasteiger partial charge in [0.2, 0.25) is 0 Å². The van der Waals surface area contributed by atoms with E-state index in [2.05, 4.69) is 10.2 Å². The predicted molar refractivity (Wildman–Crippen MR) is 54.8 cm³/mol. The van der Waals surface area contributed by atoms with Gasteiger partial charge in [-0.2, -0.15) is 0 Å². The van der Waals surface area contributed by atoms with Crippen LogP contribution in [0.1, 0.15) is 25.0 Å². The van der Waals surface area contributed by atoms with Crippen molar-refractivity contribution >= 4 is 5.97 Å². The number of carbonyl (C=O) groups is 1. The van der Waals surface area contributed by atoms with Crippen molar-refractivity contribution in [2.24, 2.45) is 5.92 Å². The van der Waals surface area contributed by atoms with Gasteiger partial charge in [0.1, 0.15) is 12.4 Å². The van der Waals surface area contributed by atoms with E-state index in [4.69, 9.17) is 9.84 Å². The summed E-state index contributed by atoms with van der Waals surface area (Å²) in [6.45, 7) is 3.38. The standard InChI is InChI=1S/C10H15N3O3/c1-2-16-6-9-12-11-8-4-3-7(10(14)15)5-13(8)9/h7H,2-6H2,1H3,(H,14,15). The average molecular weight is 225 g/mol. The molecule has 1 aromatic rings. The molecule has 1 aliphatic heterocycles. The first-order valence-electron chi connectivity index (χ1n) is 5.44. The van der Waals surface area contributed by atoms with Crippen LogP contribution in [-0.4, -0.2) is 32.4 Å². The van der Waals surface area contributed by atoms with E-state index in [1.165, 1.54) is 0 Å². The number of carboxylic acids is 1. The Balaban J connectivity index is 2.14. The second-order valence-corrected chi connectivity index (χ2v) is 3.85. The number of rotatable bonds is 4. The lowest BCUT2D eigenvalue weighted by Gasteiger charge is -2.20. The Morgan fingerprint density at radius 3 is 3.12 bits per heavy atom. The van der Waals surface area contributed by atoms with Crippen molar-refractivity contribution in [1.29, 1.82) is 0 Å². The predicted octanol–water partition coefficient (Wildman–Crippen LogP) is 0.462. The second-order valence-electron chi connectivity index (χ2n) is 3.85. The van der Waals surface area contributed by atoms with Gasteiger partial charge in [-0.05, 0) is 13.3 Å². The van der Waals surface area contributed by atoms with Gasteiger partial charge < -0.3 is 14.4 Å². The molecule has 0 amide bonds. The molecule has 1 unspecified atom stereocenters. The fourth-order valence-corrected chi connectivity index (χ4v) is 1.88. The number of carboxylic acid groups (broad SMARTS) is 1. The highest BCUT2D eigenvalue weighted by molar-refractivity contribution is 5.70. The molecule has 0 radical (unpaired) electrons. The van der Waals surface area contributed by atoms with Gasteiger partial charge in [-0.1, -0.05) is 0 Å². The molecule has 1 atom stereocenters. The van der Waals surface area contributed by atoms with E-state index in [-0.39, 0.29) is 5.92 Å². The third-order valence-corrected chi connectivity index (χ3v) is 2.81. The Morgan fingerprint density at radius 2 is 2.44 bits per heavy atom. The van der Waals surface area contributed by atoms with Crippen LogP contribution in [0.5, 0.6) is 0 Å². The summed E-state index contributed by atoms with van der Waals surface area (Å²) in [6.07, 6.45) is 1.32. The van der Waals surface area contributed by atoms with E-state index in [0.717, 1.165) is 11.6 Å². The molecule has 0 aliphatic carbocycles. The molecular formula is C10H15N3O3. The van der Waals surface area contributed by atoms with Crippen molar-refractivity contribution in [3.63, 3.8) is 0 Å². The second kappa shape index (κ2) is 4.61. The molecule has 1 aromatic heterocycles. The van der Waals surface area contributed by atoms with E-state index < -0.39 is 5.97 Å². The Morgan fingerprint density at radius 1 is 1.62 bits per heavy atom. The van der Waals surface area contributed by atoms with Crippen molar-refractivity contribution < 1.29 is 14.6 Å². The quantitative estimate of drug-likeness (QED) is 0.805. The molecule has 0 aromatic carbocycles. The van der Waals surface area contributed by atoms with Gasteiger partial charge in [0.05, 0.1) is 5.92 Å². The largest absolute Gasteiger partial charge is 0.481 e. The van der Waals surface area contributed by atoms with Gasteiger partial charge in [0, 0.05) is 19.6 Å². The molecule has 2 rings (SSSR count). The fourth-order valence-electron chi connectivity index (χ4n) is 1.88. The maximum atomic E-state index is 10.9. The van der Waals surface area contributed by atoms with E-state index in [0.29, 0.717) is 32.6 Å². The molecule has 0 spiro atoms. The van der Waals surface area contributed by atoms with Crippen LogP contribution in [0.3, 0.4) is 0 Å². The lowest BCUT2D eigenvalue weighted by atomic mass is 10.00. The van der Waals surface area contributed by atoms with Crippen LogP contribution in [0.15, 0.2) is 0 Å². The Kier molecular flexibility index (Phi) is 3.19. The summed E-state index contributed by atoms with van der Waals surface area (Å²) >= 11 is 0. The van der Waals surface area contributed by atoms with Crippen molar-refractivity contribution in [3.8, 4) is 0 Å². The monoisotopic (exact) mass is 225 g/mol. The highest BCUT2D eigenvalue weighted by Crippen LogP contribution is 2.20.